The van der Waals surface area contributed by atoms with Crippen LogP contribution in [0.5, 0.6) is 0 Å². The summed E-state index contributed by atoms with van der Waals surface area (Å²) < 4.78 is 0. The van der Waals surface area contributed by atoms with Crippen molar-refractivity contribution in [2.75, 3.05) is 13.1 Å². The van der Waals surface area contributed by atoms with E-state index in [1.807, 2.05) is 29.2 Å². The summed E-state index contributed by atoms with van der Waals surface area (Å²) in [4.78, 5) is 15.1. The molecule has 0 aromatic heterocycles. The number of carbonyl (C=O) groups is 1. The third kappa shape index (κ3) is 2.69. The van der Waals surface area contributed by atoms with Gasteiger partial charge in [0.15, 0.2) is 0 Å². The monoisotopic (exact) mass is 306 g/mol. The second-order valence-electron chi connectivity index (χ2n) is 6.89. The number of benzene rings is 1. The van der Waals surface area contributed by atoms with Gasteiger partial charge in [-0.05, 0) is 50.3 Å². The van der Waals surface area contributed by atoms with E-state index in [2.05, 4.69) is 6.92 Å². The lowest BCUT2D eigenvalue weighted by atomic mass is 9.63. The number of piperidine rings is 1. The second kappa shape index (κ2) is 5.29. The summed E-state index contributed by atoms with van der Waals surface area (Å²) in [5.74, 6) is 0.270. The minimum Gasteiger partial charge on any atom is -0.342 e. The van der Waals surface area contributed by atoms with Crippen LogP contribution in [0.1, 0.15) is 44.6 Å². The lowest BCUT2D eigenvalue weighted by Crippen LogP contribution is -2.56. The van der Waals surface area contributed by atoms with Gasteiger partial charge in [0.05, 0.1) is 5.41 Å². The van der Waals surface area contributed by atoms with Crippen LogP contribution in [-0.4, -0.2) is 29.4 Å². The Morgan fingerprint density at radius 2 is 1.90 bits per heavy atom. The first-order valence-electron chi connectivity index (χ1n) is 7.77. The quantitative estimate of drug-likeness (QED) is 0.912. The largest absolute Gasteiger partial charge is 0.342 e. The molecule has 2 aliphatic rings. The Balaban J connectivity index is 1.82. The van der Waals surface area contributed by atoms with E-state index in [9.17, 15) is 4.79 Å². The molecule has 0 bridgehead atoms. The molecule has 2 N–H and O–H groups in total. The number of halogens is 1. The topological polar surface area (TPSA) is 46.3 Å². The molecule has 0 unspecified atom stereocenters. The number of likely N-dealkylation sites (tertiary alicyclic amines) is 1. The minimum absolute atomic E-state index is 0.125. The molecule has 0 spiro atoms. The number of nitrogens with two attached hydrogens (primary N) is 1. The fraction of sp³-hybridized carbons (Fsp3) is 0.588. The van der Waals surface area contributed by atoms with Crippen molar-refractivity contribution in [1.29, 1.82) is 0 Å². The van der Waals surface area contributed by atoms with Crippen LogP contribution in [0.15, 0.2) is 24.3 Å². The summed E-state index contributed by atoms with van der Waals surface area (Å²) in [6, 6.07) is 7.80. The summed E-state index contributed by atoms with van der Waals surface area (Å²) in [7, 11) is 0. The molecule has 0 atom stereocenters. The highest BCUT2D eigenvalue weighted by molar-refractivity contribution is 6.30. The molecule has 1 saturated carbocycles. The van der Waals surface area contributed by atoms with Gasteiger partial charge < -0.3 is 10.6 Å². The molecule has 1 aliphatic carbocycles. The Bertz CT molecular complexity index is 541. The van der Waals surface area contributed by atoms with Gasteiger partial charge in [-0.25, -0.2) is 0 Å². The van der Waals surface area contributed by atoms with Gasteiger partial charge in [0.25, 0.3) is 0 Å². The molecule has 4 heteroatoms. The van der Waals surface area contributed by atoms with E-state index >= 15 is 0 Å². The first-order valence-corrected chi connectivity index (χ1v) is 8.15. The zero-order valence-corrected chi connectivity index (χ0v) is 13.3. The zero-order valence-electron chi connectivity index (χ0n) is 12.6. The van der Waals surface area contributed by atoms with Crippen LogP contribution in [0.4, 0.5) is 0 Å². The Kier molecular flexibility index (Phi) is 3.74. The molecule has 2 fully saturated rings. The van der Waals surface area contributed by atoms with Gasteiger partial charge >= 0.3 is 0 Å². The van der Waals surface area contributed by atoms with Crippen molar-refractivity contribution in [1.82, 2.24) is 4.90 Å². The zero-order chi connectivity index (χ0) is 15.1. The van der Waals surface area contributed by atoms with Crippen LogP contribution in [0, 0.1) is 0 Å². The molecule has 1 heterocycles. The third-order valence-electron chi connectivity index (χ3n) is 5.19. The Morgan fingerprint density at radius 3 is 2.43 bits per heavy atom. The lowest BCUT2D eigenvalue weighted by molar-refractivity contribution is -0.142. The van der Waals surface area contributed by atoms with Crippen molar-refractivity contribution in [2.24, 2.45) is 5.73 Å². The predicted octanol–water partition coefficient (Wildman–Crippen LogP) is 3.10. The standard InChI is InChI=1S/C17H23ClN2O/c1-16(19)8-10-20(11-9-16)15(21)17(6-3-7-17)13-4-2-5-14(18)12-13/h2,4-5,12H,3,6-11,19H2,1H3. The number of hydrogen-bond donors (Lipinski definition) is 1. The van der Waals surface area contributed by atoms with E-state index in [4.69, 9.17) is 17.3 Å². The first-order chi connectivity index (χ1) is 9.93. The van der Waals surface area contributed by atoms with Gasteiger partial charge in [-0.1, -0.05) is 30.2 Å². The van der Waals surface area contributed by atoms with Crippen molar-refractivity contribution < 1.29 is 4.79 Å². The SMILES string of the molecule is CC1(N)CCN(C(=O)C2(c3cccc(Cl)c3)CCC2)CC1. The van der Waals surface area contributed by atoms with Gasteiger partial charge in [0.2, 0.25) is 5.91 Å². The maximum atomic E-state index is 13.1. The molecule has 3 nitrogen and oxygen atoms in total. The number of rotatable bonds is 2. The van der Waals surface area contributed by atoms with E-state index < -0.39 is 0 Å². The molecule has 1 amide bonds. The van der Waals surface area contributed by atoms with Gasteiger partial charge in [-0.3, -0.25) is 4.79 Å². The van der Waals surface area contributed by atoms with Crippen molar-refractivity contribution in [2.45, 2.75) is 50.0 Å². The van der Waals surface area contributed by atoms with Crippen molar-refractivity contribution in [3.05, 3.63) is 34.9 Å². The van der Waals surface area contributed by atoms with Crippen molar-refractivity contribution in [3.8, 4) is 0 Å². The Hall–Kier alpha value is -1.06. The van der Waals surface area contributed by atoms with Crippen molar-refractivity contribution >= 4 is 17.5 Å². The van der Waals surface area contributed by atoms with Crippen LogP contribution >= 0.6 is 11.6 Å². The van der Waals surface area contributed by atoms with Crippen LogP contribution in [0.25, 0.3) is 0 Å². The summed E-state index contributed by atoms with van der Waals surface area (Å²) in [6.45, 7) is 3.62. The molecular weight excluding hydrogens is 284 g/mol. The number of hydrogen-bond acceptors (Lipinski definition) is 2. The summed E-state index contributed by atoms with van der Waals surface area (Å²) >= 11 is 6.12. The highest BCUT2D eigenvalue weighted by Crippen LogP contribution is 2.46. The highest BCUT2D eigenvalue weighted by Gasteiger charge is 2.48. The van der Waals surface area contributed by atoms with Gasteiger partial charge in [0.1, 0.15) is 0 Å². The normalized spacial score (nSPS) is 23.5. The van der Waals surface area contributed by atoms with Gasteiger partial charge in [-0.2, -0.15) is 0 Å². The van der Waals surface area contributed by atoms with E-state index in [-0.39, 0.29) is 16.9 Å². The molecule has 1 aromatic rings. The van der Waals surface area contributed by atoms with Gasteiger partial charge in [-0.15, -0.1) is 0 Å². The van der Waals surface area contributed by atoms with Crippen molar-refractivity contribution in [3.63, 3.8) is 0 Å². The molecule has 1 aromatic carbocycles. The van der Waals surface area contributed by atoms with Crippen LogP contribution in [-0.2, 0) is 10.2 Å². The fourth-order valence-electron chi connectivity index (χ4n) is 3.47. The van der Waals surface area contributed by atoms with Crippen LogP contribution < -0.4 is 5.73 Å². The van der Waals surface area contributed by atoms with E-state index in [0.29, 0.717) is 5.02 Å². The van der Waals surface area contributed by atoms with E-state index in [1.165, 1.54) is 0 Å². The molecule has 1 saturated heterocycles. The van der Waals surface area contributed by atoms with Gasteiger partial charge in [0, 0.05) is 23.7 Å². The third-order valence-corrected chi connectivity index (χ3v) is 5.42. The summed E-state index contributed by atoms with van der Waals surface area (Å²) in [6.07, 6.45) is 4.74. The second-order valence-corrected chi connectivity index (χ2v) is 7.33. The first kappa shape index (κ1) is 14.9. The maximum absolute atomic E-state index is 13.1. The highest BCUT2D eigenvalue weighted by atomic mass is 35.5. The number of amides is 1. The Labute approximate surface area is 131 Å². The molecular formula is C17H23ClN2O. The Morgan fingerprint density at radius 1 is 1.24 bits per heavy atom. The average Bonchev–Trinajstić information content (AvgIpc) is 2.37. The summed E-state index contributed by atoms with van der Waals surface area (Å²) in [5.41, 5.74) is 6.78. The molecule has 21 heavy (non-hydrogen) atoms. The average molecular weight is 307 g/mol. The molecule has 114 valence electrons. The molecule has 3 rings (SSSR count). The molecule has 1 aliphatic heterocycles. The maximum Gasteiger partial charge on any atom is 0.233 e. The minimum atomic E-state index is -0.340. The smallest absolute Gasteiger partial charge is 0.233 e. The van der Waals surface area contributed by atoms with E-state index in [1.54, 1.807) is 0 Å². The predicted molar refractivity (Wildman–Crippen MR) is 85.4 cm³/mol. The number of carbonyl (C=O) groups excluding carboxylic acids is 1. The summed E-state index contributed by atoms with van der Waals surface area (Å²) in [5, 5.41) is 0.708. The van der Waals surface area contributed by atoms with E-state index in [0.717, 1.165) is 50.8 Å². The molecule has 0 radical (unpaired) electrons. The fourth-order valence-corrected chi connectivity index (χ4v) is 3.66. The van der Waals surface area contributed by atoms with Crippen LogP contribution in [0.3, 0.4) is 0 Å². The lowest BCUT2D eigenvalue weighted by Gasteiger charge is -2.46. The number of nitrogens with zero attached hydrogens (tertiary/aromatic N) is 1. The van der Waals surface area contributed by atoms with Crippen LogP contribution in [0.2, 0.25) is 5.02 Å².